The summed E-state index contributed by atoms with van der Waals surface area (Å²) < 4.78 is 8.37. The fraction of sp³-hybridized carbons (Fsp3) is 0. The number of esters is 1. The van der Waals surface area contributed by atoms with Crippen molar-refractivity contribution < 1.29 is 14.3 Å². The predicted molar refractivity (Wildman–Crippen MR) is 144 cm³/mol. The number of aromatic nitrogens is 1. The standard InChI is InChI=1S/C29H20BrN3O3/c30-22-14-15-27(36-29(35)24-12-7-9-20-8-1-2-10-23(20)24)21(18-22)19-31-32-28(34)25-11-3-4-13-26(25)33-16-5-6-17-33/h1-19H,(H,32,34)/b31-19-. The second-order valence-electron chi connectivity index (χ2n) is 7.90. The van der Waals surface area contributed by atoms with Crippen LogP contribution >= 0.6 is 15.9 Å². The zero-order chi connectivity index (χ0) is 24.9. The van der Waals surface area contributed by atoms with Gasteiger partial charge in [-0.25, -0.2) is 10.2 Å². The molecule has 7 heteroatoms. The zero-order valence-corrected chi connectivity index (χ0v) is 20.6. The molecule has 0 aliphatic carbocycles. The van der Waals surface area contributed by atoms with Crippen LogP contribution in [0.2, 0.25) is 0 Å². The van der Waals surface area contributed by atoms with Crippen LogP contribution in [0.3, 0.4) is 0 Å². The van der Waals surface area contributed by atoms with Crippen molar-refractivity contribution in [1.29, 1.82) is 0 Å². The second-order valence-corrected chi connectivity index (χ2v) is 8.82. The van der Waals surface area contributed by atoms with Gasteiger partial charge in [0.1, 0.15) is 5.75 Å². The predicted octanol–water partition coefficient (Wildman–Crippen LogP) is 6.38. The molecule has 0 unspecified atom stereocenters. The van der Waals surface area contributed by atoms with Crippen LogP contribution in [0.1, 0.15) is 26.3 Å². The molecule has 0 bridgehead atoms. The van der Waals surface area contributed by atoms with Crippen LogP contribution < -0.4 is 10.2 Å². The molecule has 0 saturated carbocycles. The number of benzene rings is 4. The number of nitrogens with zero attached hydrogens (tertiary/aromatic N) is 2. The molecule has 36 heavy (non-hydrogen) atoms. The molecule has 1 aromatic heterocycles. The van der Waals surface area contributed by atoms with Gasteiger partial charge in [-0.3, -0.25) is 4.79 Å². The largest absolute Gasteiger partial charge is 0.422 e. The number of hydrogen-bond donors (Lipinski definition) is 1. The van der Waals surface area contributed by atoms with Gasteiger partial charge in [0.15, 0.2) is 0 Å². The van der Waals surface area contributed by atoms with Crippen molar-refractivity contribution in [1.82, 2.24) is 9.99 Å². The zero-order valence-electron chi connectivity index (χ0n) is 19.0. The lowest BCUT2D eigenvalue weighted by Crippen LogP contribution is -2.19. The Bertz CT molecular complexity index is 1590. The highest BCUT2D eigenvalue weighted by atomic mass is 79.9. The lowest BCUT2D eigenvalue weighted by atomic mass is 10.0. The first-order chi connectivity index (χ1) is 17.6. The molecule has 1 amide bonds. The highest BCUT2D eigenvalue weighted by molar-refractivity contribution is 9.10. The van der Waals surface area contributed by atoms with E-state index in [4.69, 9.17) is 4.74 Å². The van der Waals surface area contributed by atoms with Crippen molar-refractivity contribution in [3.05, 3.63) is 131 Å². The number of rotatable bonds is 6. The topological polar surface area (TPSA) is 72.7 Å². The van der Waals surface area contributed by atoms with E-state index in [1.807, 2.05) is 77.6 Å². The summed E-state index contributed by atoms with van der Waals surface area (Å²) in [5, 5.41) is 5.89. The molecule has 176 valence electrons. The van der Waals surface area contributed by atoms with E-state index >= 15 is 0 Å². The number of hydrazone groups is 1. The van der Waals surface area contributed by atoms with Gasteiger partial charge in [0, 0.05) is 22.4 Å². The van der Waals surface area contributed by atoms with Gasteiger partial charge < -0.3 is 9.30 Å². The minimum Gasteiger partial charge on any atom is -0.422 e. The summed E-state index contributed by atoms with van der Waals surface area (Å²) in [6.45, 7) is 0. The van der Waals surface area contributed by atoms with Crippen molar-refractivity contribution in [3.63, 3.8) is 0 Å². The van der Waals surface area contributed by atoms with Gasteiger partial charge in [0.2, 0.25) is 0 Å². The molecule has 0 radical (unpaired) electrons. The summed E-state index contributed by atoms with van der Waals surface area (Å²) in [7, 11) is 0. The Hall–Kier alpha value is -4.49. The molecule has 1 N–H and O–H groups in total. The minimum atomic E-state index is -0.478. The lowest BCUT2D eigenvalue weighted by Gasteiger charge is -2.10. The molecule has 6 nitrogen and oxygen atoms in total. The average molecular weight is 538 g/mol. The monoisotopic (exact) mass is 537 g/mol. The summed E-state index contributed by atoms with van der Waals surface area (Å²) in [5.41, 5.74) is 4.77. The maximum Gasteiger partial charge on any atom is 0.344 e. The number of hydrogen-bond acceptors (Lipinski definition) is 4. The van der Waals surface area contributed by atoms with Crippen molar-refractivity contribution in [2.45, 2.75) is 0 Å². The van der Waals surface area contributed by atoms with Crippen LogP contribution in [0.5, 0.6) is 5.75 Å². The SMILES string of the molecule is O=C(N/N=C\c1cc(Br)ccc1OC(=O)c1cccc2ccccc12)c1ccccc1-n1cccc1. The molecular formula is C29H20BrN3O3. The number of para-hydroxylation sites is 1. The van der Waals surface area contributed by atoms with E-state index in [1.165, 1.54) is 6.21 Å². The van der Waals surface area contributed by atoms with E-state index < -0.39 is 5.97 Å². The van der Waals surface area contributed by atoms with Gasteiger partial charge in [-0.15, -0.1) is 0 Å². The molecule has 0 spiro atoms. The molecule has 0 saturated heterocycles. The summed E-state index contributed by atoms with van der Waals surface area (Å²) in [6, 6.07) is 29.4. The molecule has 0 aliphatic rings. The quantitative estimate of drug-likeness (QED) is 0.118. The molecule has 1 heterocycles. The van der Waals surface area contributed by atoms with Gasteiger partial charge in [-0.05, 0) is 59.3 Å². The number of carbonyl (C=O) groups excluding carboxylic acids is 2. The number of ether oxygens (including phenoxy) is 1. The molecule has 5 aromatic rings. The third-order valence-electron chi connectivity index (χ3n) is 5.59. The third-order valence-corrected chi connectivity index (χ3v) is 6.08. The fourth-order valence-corrected chi connectivity index (χ4v) is 4.26. The highest BCUT2D eigenvalue weighted by Crippen LogP contribution is 2.25. The lowest BCUT2D eigenvalue weighted by molar-refractivity contribution is 0.0736. The molecule has 5 rings (SSSR count). The molecule has 0 atom stereocenters. The molecule has 4 aromatic carbocycles. The second kappa shape index (κ2) is 10.4. The first kappa shape index (κ1) is 23.3. The maximum absolute atomic E-state index is 13.0. The van der Waals surface area contributed by atoms with Crippen LogP contribution in [0.15, 0.2) is 119 Å². The minimum absolute atomic E-state index is 0.321. The molecule has 0 fully saturated rings. The van der Waals surface area contributed by atoms with Crippen molar-refractivity contribution in [3.8, 4) is 11.4 Å². The Morgan fingerprint density at radius 1 is 0.833 bits per heavy atom. The number of amides is 1. The van der Waals surface area contributed by atoms with E-state index in [1.54, 1.807) is 36.4 Å². The van der Waals surface area contributed by atoms with Crippen LogP contribution in [-0.2, 0) is 0 Å². The Morgan fingerprint density at radius 2 is 1.56 bits per heavy atom. The number of carbonyl (C=O) groups is 2. The first-order valence-corrected chi connectivity index (χ1v) is 11.9. The number of nitrogens with one attached hydrogen (secondary N) is 1. The summed E-state index contributed by atoms with van der Waals surface area (Å²) in [4.78, 5) is 25.9. The van der Waals surface area contributed by atoms with Crippen molar-refractivity contribution in [2.24, 2.45) is 5.10 Å². The summed E-state index contributed by atoms with van der Waals surface area (Å²) in [5.74, 6) is -0.518. The van der Waals surface area contributed by atoms with Gasteiger partial charge >= 0.3 is 5.97 Å². The highest BCUT2D eigenvalue weighted by Gasteiger charge is 2.15. The van der Waals surface area contributed by atoms with Crippen molar-refractivity contribution in [2.75, 3.05) is 0 Å². The maximum atomic E-state index is 13.0. The summed E-state index contributed by atoms with van der Waals surface area (Å²) in [6.07, 6.45) is 5.19. The van der Waals surface area contributed by atoms with E-state index in [2.05, 4.69) is 26.5 Å². The molecular weight excluding hydrogens is 518 g/mol. The Balaban J connectivity index is 1.36. The average Bonchev–Trinajstić information content (AvgIpc) is 3.45. The van der Waals surface area contributed by atoms with Crippen LogP contribution in [0, 0.1) is 0 Å². The smallest absolute Gasteiger partial charge is 0.344 e. The van der Waals surface area contributed by atoms with E-state index in [-0.39, 0.29) is 5.91 Å². The fourth-order valence-electron chi connectivity index (χ4n) is 3.88. The third kappa shape index (κ3) is 4.96. The Labute approximate surface area is 216 Å². The van der Waals surface area contributed by atoms with Crippen LogP contribution in [0.25, 0.3) is 16.5 Å². The number of halogens is 1. The van der Waals surface area contributed by atoms with E-state index in [0.717, 1.165) is 20.9 Å². The first-order valence-electron chi connectivity index (χ1n) is 11.2. The van der Waals surface area contributed by atoms with Gasteiger partial charge in [0.05, 0.1) is 23.0 Å². The Kier molecular flexibility index (Phi) is 6.73. The van der Waals surface area contributed by atoms with Gasteiger partial charge in [0.25, 0.3) is 5.91 Å². The summed E-state index contributed by atoms with van der Waals surface area (Å²) >= 11 is 3.44. The van der Waals surface area contributed by atoms with Crippen LogP contribution in [0.4, 0.5) is 0 Å². The molecule has 0 aliphatic heterocycles. The van der Waals surface area contributed by atoms with E-state index in [9.17, 15) is 9.59 Å². The van der Waals surface area contributed by atoms with Crippen LogP contribution in [-0.4, -0.2) is 22.7 Å². The Morgan fingerprint density at radius 3 is 2.42 bits per heavy atom. The van der Waals surface area contributed by atoms with E-state index in [0.29, 0.717) is 22.4 Å². The normalized spacial score (nSPS) is 11.0. The van der Waals surface area contributed by atoms with Gasteiger partial charge in [-0.1, -0.05) is 64.5 Å². The van der Waals surface area contributed by atoms with Gasteiger partial charge in [-0.2, -0.15) is 5.10 Å². The number of fused-ring (bicyclic) bond motifs is 1. The van der Waals surface area contributed by atoms with Crippen molar-refractivity contribution >= 4 is 44.8 Å².